The van der Waals surface area contributed by atoms with Crippen LogP contribution in [0.2, 0.25) is 0 Å². The quantitative estimate of drug-likeness (QED) is 0.109. The number of carbonyl (C=O) groups is 1. The van der Waals surface area contributed by atoms with E-state index in [0.717, 1.165) is 17.9 Å². The van der Waals surface area contributed by atoms with Gasteiger partial charge in [0.2, 0.25) is 5.91 Å². The molecular weight excluding hydrogens is 424 g/mol. The molecule has 186 valence electrons. The number of aromatic hydroxyl groups is 2. The molecule has 0 aliphatic carbocycles. The second-order valence-corrected chi connectivity index (χ2v) is 8.96. The topological polar surface area (TPSA) is 81.6 Å². The lowest BCUT2D eigenvalue weighted by Crippen LogP contribution is -2.08. The second kappa shape index (κ2) is 16.6. The van der Waals surface area contributed by atoms with Crippen molar-refractivity contribution in [2.45, 2.75) is 84.0 Å². The second-order valence-electron chi connectivity index (χ2n) is 8.96. The molecule has 0 fully saturated rings. The van der Waals surface area contributed by atoms with Crippen LogP contribution in [0.1, 0.15) is 89.5 Å². The summed E-state index contributed by atoms with van der Waals surface area (Å²) in [6.45, 7) is 3.23. The first-order valence-electron chi connectivity index (χ1n) is 12.9. The standard InChI is InChI=1S/C29H42N2O3/c1-2-3-4-5-6-7-8-9-10-11-12-13-22-30-25-16-18-26(19-17-25)31-29(34)21-15-24-14-20-27(32)28(33)23-24/h14-21,23,30,32-33H,2-13,22H2,1H3,(H,31,34)/b21-15+. The number of hydrogen-bond donors (Lipinski definition) is 4. The van der Waals surface area contributed by atoms with Crippen LogP contribution in [-0.4, -0.2) is 22.7 Å². The van der Waals surface area contributed by atoms with E-state index in [1.54, 1.807) is 12.1 Å². The van der Waals surface area contributed by atoms with E-state index in [1.807, 2.05) is 24.3 Å². The maximum Gasteiger partial charge on any atom is 0.248 e. The Balaban J connectivity index is 1.53. The van der Waals surface area contributed by atoms with Crippen LogP contribution in [0, 0.1) is 0 Å². The molecule has 0 aliphatic heterocycles. The van der Waals surface area contributed by atoms with Gasteiger partial charge in [-0.1, -0.05) is 83.6 Å². The average molecular weight is 467 g/mol. The molecule has 34 heavy (non-hydrogen) atoms. The lowest BCUT2D eigenvalue weighted by Gasteiger charge is -2.08. The monoisotopic (exact) mass is 466 g/mol. The lowest BCUT2D eigenvalue weighted by molar-refractivity contribution is -0.111. The van der Waals surface area contributed by atoms with E-state index in [-0.39, 0.29) is 17.4 Å². The van der Waals surface area contributed by atoms with Crippen molar-refractivity contribution in [2.24, 2.45) is 0 Å². The Labute approximate surface area is 205 Å². The fourth-order valence-corrected chi connectivity index (χ4v) is 3.87. The summed E-state index contributed by atoms with van der Waals surface area (Å²) in [5.41, 5.74) is 2.40. The smallest absolute Gasteiger partial charge is 0.248 e. The number of phenolic OH excluding ortho intramolecular Hbond substituents is 2. The van der Waals surface area contributed by atoms with Crippen molar-refractivity contribution in [2.75, 3.05) is 17.2 Å². The summed E-state index contributed by atoms with van der Waals surface area (Å²) in [6.07, 6.45) is 19.2. The van der Waals surface area contributed by atoms with Crippen LogP contribution < -0.4 is 10.6 Å². The number of rotatable bonds is 17. The highest BCUT2D eigenvalue weighted by Gasteiger charge is 2.01. The number of carbonyl (C=O) groups excluding carboxylic acids is 1. The van der Waals surface area contributed by atoms with Crippen LogP contribution >= 0.6 is 0 Å². The minimum atomic E-state index is -0.259. The summed E-state index contributed by atoms with van der Waals surface area (Å²) in [5, 5.41) is 25.1. The Morgan fingerprint density at radius 1 is 0.735 bits per heavy atom. The predicted molar refractivity (Wildman–Crippen MR) is 143 cm³/mol. The molecule has 4 N–H and O–H groups in total. The Hall–Kier alpha value is -2.95. The van der Waals surface area contributed by atoms with Gasteiger partial charge >= 0.3 is 0 Å². The summed E-state index contributed by atoms with van der Waals surface area (Å²) in [7, 11) is 0. The summed E-state index contributed by atoms with van der Waals surface area (Å²) < 4.78 is 0. The van der Waals surface area contributed by atoms with Crippen LogP contribution in [0.25, 0.3) is 6.08 Å². The largest absolute Gasteiger partial charge is 0.504 e. The Bertz CT molecular complexity index is 862. The van der Waals surface area contributed by atoms with Crippen molar-refractivity contribution < 1.29 is 15.0 Å². The van der Waals surface area contributed by atoms with Gasteiger partial charge in [-0.2, -0.15) is 0 Å². The maximum absolute atomic E-state index is 12.1. The first kappa shape index (κ1) is 27.3. The Morgan fingerprint density at radius 2 is 1.29 bits per heavy atom. The van der Waals surface area contributed by atoms with E-state index in [1.165, 1.54) is 95.3 Å². The van der Waals surface area contributed by atoms with E-state index in [2.05, 4.69) is 17.6 Å². The lowest BCUT2D eigenvalue weighted by atomic mass is 10.1. The van der Waals surface area contributed by atoms with E-state index >= 15 is 0 Å². The molecule has 5 nitrogen and oxygen atoms in total. The van der Waals surface area contributed by atoms with Crippen LogP contribution in [0.3, 0.4) is 0 Å². The van der Waals surface area contributed by atoms with E-state index < -0.39 is 0 Å². The first-order valence-corrected chi connectivity index (χ1v) is 12.9. The fraction of sp³-hybridized carbons (Fsp3) is 0.483. The Kier molecular flexibility index (Phi) is 13.4. The number of benzene rings is 2. The molecule has 0 unspecified atom stereocenters. The maximum atomic E-state index is 12.1. The van der Waals surface area contributed by atoms with Gasteiger partial charge < -0.3 is 20.8 Å². The van der Waals surface area contributed by atoms with Crippen molar-refractivity contribution in [3.63, 3.8) is 0 Å². The van der Waals surface area contributed by atoms with Crippen molar-refractivity contribution in [1.29, 1.82) is 0 Å². The number of phenols is 2. The van der Waals surface area contributed by atoms with Crippen molar-refractivity contribution in [1.82, 2.24) is 0 Å². The van der Waals surface area contributed by atoms with E-state index in [0.29, 0.717) is 5.56 Å². The van der Waals surface area contributed by atoms with Gasteiger partial charge in [0.1, 0.15) is 0 Å². The summed E-state index contributed by atoms with van der Waals surface area (Å²) in [4.78, 5) is 12.1. The number of unbranched alkanes of at least 4 members (excludes halogenated alkanes) is 11. The number of anilines is 2. The highest BCUT2D eigenvalue weighted by molar-refractivity contribution is 6.02. The third-order valence-electron chi connectivity index (χ3n) is 5.94. The van der Waals surface area contributed by atoms with Gasteiger partial charge in [-0.05, 0) is 54.5 Å². The average Bonchev–Trinajstić information content (AvgIpc) is 2.84. The normalized spacial score (nSPS) is 11.1. The first-order chi connectivity index (χ1) is 16.6. The predicted octanol–water partition coefficient (Wildman–Crippen LogP) is 7.86. The molecule has 5 heteroatoms. The summed E-state index contributed by atoms with van der Waals surface area (Å²) >= 11 is 0. The molecule has 2 aromatic carbocycles. The molecular formula is C29H42N2O3. The number of hydrogen-bond acceptors (Lipinski definition) is 4. The van der Waals surface area contributed by atoms with Gasteiger partial charge in [0, 0.05) is 24.0 Å². The molecule has 0 bridgehead atoms. The zero-order chi connectivity index (χ0) is 24.4. The molecule has 0 atom stereocenters. The molecule has 2 rings (SSSR count). The molecule has 0 saturated heterocycles. The van der Waals surface area contributed by atoms with Crippen LogP contribution in [0.4, 0.5) is 11.4 Å². The summed E-state index contributed by atoms with van der Waals surface area (Å²) in [5.74, 6) is -0.659. The molecule has 0 aromatic heterocycles. The van der Waals surface area contributed by atoms with Gasteiger partial charge in [0.25, 0.3) is 0 Å². The molecule has 1 amide bonds. The molecule has 0 spiro atoms. The minimum absolute atomic E-state index is 0.186. The Morgan fingerprint density at radius 3 is 1.88 bits per heavy atom. The van der Waals surface area contributed by atoms with Crippen molar-refractivity contribution in [3.8, 4) is 11.5 Å². The van der Waals surface area contributed by atoms with Gasteiger partial charge in [-0.15, -0.1) is 0 Å². The zero-order valence-corrected chi connectivity index (χ0v) is 20.7. The highest BCUT2D eigenvalue weighted by Crippen LogP contribution is 2.25. The van der Waals surface area contributed by atoms with Crippen LogP contribution in [0.15, 0.2) is 48.5 Å². The van der Waals surface area contributed by atoms with Crippen LogP contribution in [-0.2, 0) is 4.79 Å². The summed E-state index contributed by atoms with van der Waals surface area (Å²) in [6, 6.07) is 12.1. The van der Waals surface area contributed by atoms with Gasteiger partial charge in [0.05, 0.1) is 0 Å². The van der Waals surface area contributed by atoms with Gasteiger partial charge in [0.15, 0.2) is 11.5 Å². The third-order valence-corrected chi connectivity index (χ3v) is 5.94. The number of amides is 1. The van der Waals surface area contributed by atoms with Crippen molar-refractivity contribution >= 4 is 23.4 Å². The SMILES string of the molecule is CCCCCCCCCCCCCCNc1ccc(NC(=O)/C=C/c2ccc(O)c(O)c2)cc1. The molecule has 0 saturated carbocycles. The van der Waals surface area contributed by atoms with Crippen molar-refractivity contribution in [3.05, 3.63) is 54.1 Å². The van der Waals surface area contributed by atoms with E-state index in [9.17, 15) is 15.0 Å². The highest BCUT2D eigenvalue weighted by atomic mass is 16.3. The van der Waals surface area contributed by atoms with Gasteiger partial charge in [-0.3, -0.25) is 4.79 Å². The molecule has 0 aliphatic rings. The fourth-order valence-electron chi connectivity index (χ4n) is 3.87. The van der Waals surface area contributed by atoms with E-state index in [4.69, 9.17) is 0 Å². The number of nitrogens with one attached hydrogen (secondary N) is 2. The molecule has 0 radical (unpaired) electrons. The minimum Gasteiger partial charge on any atom is -0.504 e. The van der Waals surface area contributed by atoms with Gasteiger partial charge in [-0.25, -0.2) is 0 Å². The zero-order valence-electron chi connectivity index (χ0n) is 20.7. The third kappa shape index (κ3) is 11.8. The molecule has 0 heterocycles. The molecule has 2 aromatic rings. The van der Waals surface area contributed by atoms with Crippen LogP contribution in [0.5, 0.6) is 11.5 Å².